The fraction of sp³-hybridized carbons (Fsp3) is 0.190. The van der Waals surface area contributed by atoms with Gasteiger partial charge in [0.2, 0.25) is 5.90 Å². The normalized spacial score (nSPS) is 14.6. The van der Waals surface area contributed by atoms with E-state index in [4.69, 9.17) is 14.2 Å². The molecule has 0 aromatic heterocycles. The largest absolute Gasteiger partial charge is 0.480 e. The molecule has 1 aliphatic heterocycles. The lowest BCUT2D eigenvalue weighted by atomic mass is 10.1. The Labute approximate surface area is 195 Å². The van der Waals surface area contributed by atoms with E-state index in [2.05, 4.69) is 50.2 Å². The number of carbonyl (C=O) groups excluding carboxylic acids is 2. The molecule has 0 unspecified atom stereocenters. The molecule has 6 nitrogen and oxygen atoms in total. The lowest BCUT2D eigenvalue weighted by Gasteiger charge is -2.11. The summed E-state index contributed by atoms with van der Waals surface area (Å²) in [6.45, 7) is 3.84. The molecule has 2 aromatic rings. The van der Waals surface area contributed by atoms with Crippen LogP contribution in [0.2, 0.25) is 0 Å². The van der Waals surface area contributed by atoms with E-state index in [1.165, 1.54) is 0 Å². The van der Waals surface area contributed by atoms with Gasteiger partial charge in [-0.2, -0.15) is 0 Å². The van der Waals surface area contributed by atoms with Crippen molar-refractivity contribution in [3.05, 3.63) is 65.9 Å². The highest BCUT2D eigenvalue weighted by Gasteiger charge is 2.25. The summed E-state index contributed by atoms with van der Waals surface area (Å²) in [7, 11) is 0. The van der Waals surface area contributed by atoms with Crippen molar-refractivity contribution in [1.29, 1.82) is 0 Å². The Bertz CT molecular complexity index is 1010. The van der Waals surface area contributed by atoms with Crippen LogP contribution in [0.4, 0.5) is 0 Å². The molecule has 150 valence electrons. The van der Waals surface area contributed by atoms with Gasteiger partial charge in [0, 0.05) is 5.56 Å². The highest BCUT2D eigenvalue weighted by atomic mass is 127. The molecule has 3 rings (SSSR count). The third-order valence-corrected chi connectivity index (χ3v) is 5.56. The summed E-state index contributed by atoms with van der Waals surface area (Å²) in [5.74, 6) is -0.00869. The number of benzene rings is 2. The van der Waals surface area contributed by atoms with E-state index < -0.39 is 11.9 Å². The minimum absolute atomic E-state index is 0.156. The minimum atomic E-state index is -0.490. The third kappa shape index (κ3) is 5.35. The van der Waals surface area contributed by atoms with Gasteiger partial charge in [0.15, 0.2) is 12.3 Å². The summed E-state index contributed by atoms with van der Waals surface area (Å²) in [6, 6.07) is 11.3. The molecule has 0 radical (unpaired) electrons. The average Bonchev–Trinajstić information content (AvgIpc) is 3.02. The van der Waals surface area contributed by atoms with Crippen molar-refractivity contribution < 1.29 is 23.8 Å². The van der Waals surface area contributed by atoms with Gasteiger partial charge in [0.05, 0.1) is 13.7 Å². The molecule has 0 saturated heterocycles. The van der Waals surface area contributed by atoms with Gasteiger partial charge in [-0.05, 0) is 94.4 Å². The molecule has 0 spiro atoms. The first kappa shape index (κ1) is 21.8. The molecule has 1 heterocycles. The number of aliphatic imine (C=N–C) groups is 1. The molecule has 0 atom stereocenters. The summed E-state index contributed by atoms with van der Waals surface area (Å²) >= 11 is 4.25. The fourth-order valence-corrected chi connectivity index (χ4v) is 4.76. The first-order chi connectivity index (χ1) is 13.9. The van der Waals surface area contributed by atoms with Crippen molar-refractivity contribution in [2.24, 2.45) is 4.99 Å². The summed E-state index contributed by atoms with van der Waals surface area (Å²) < 4.78 is 17.4. The van der Waals surface area contributed by atoms with E-state index in [1.807, 2.05) is 43.3 Å². The summed E-state index contributed by atoms with van der Waals surface area (Å²) in [6.07, 6.45) is 1.67. The molecule has 2 aromatic carbocycles. The quantitative estimate of drug-likeness (QED) is 0.272. The fourth-order valence-electron chi connectivity index (χ4n) is 2.63. The predicted octanol–water partition coefficient (Wildman–Crippen LogP) is 4.49. The Hall–Kier alpha value is -1.95. The van der Waals surface area contributed by atoms with Crippen LogP contribution in [0, 0.1) is 14.1 Å². The third-order valence-electron chi connectivity index (χ3n) is 3.96. The maximum Gasteiger partial charge on any atom is 0.363 e. The zero-order chi connectivity index (χ0) is 21.0. The van der Waals surface area contributed by atoms with E-state index in [-0.39, 0.29) is 12.3 Å². The summed E-state index contributed by atoms with van der Waals surface area (Å²) in [5.41, 5.74) is 2.78. The Balaban J connectivity index is 1.84. The first-order valence-corrected chi connectivity index (χ1v) is 10.9. The second kappa shape index (κ2) is 9.70. The van der Waals surface area contributed by atoms with Crippen molar-refractivity contribution in [2.75, 3.05) is 13.2 Å². The Morgan fingerprint density at radius 1 is 1.21 bits per heavy atom. The second-order valence-electron chi connectivity index (χ2n) is 6.06. The molecule has 29 heavy (non-hydrogen) atoms. The molecule has 8 heteroatoms. The highest BCUT2D eigenvalue weighted by molar-refractivity contribution is 14.1. The van der Waals surface area contributed by atoms with Crippen LogP contribution < -0.4 is 4.74 Å². The monoisotopic (exact) mass is 617 g/mol. The van der Waals surface area contributed by atoms with Crippen LogP contribution in [-0.4, -0.2) is 31.1 Å². The zero-order valence-corrected chi connectivity index (χ0v) is 20.0. The number of aryl methyl sites for hydroxylation is 1. The van der Waals surface area contributed by atoms with E-state index in [0.29, 0.717) is 18.3 Å². The standard InChI is InChI=1S/C21H17I2NO5/c1-3-27-18(25)11-28-19-15(22)8-13(9-16(19)23)10-17-21(26)29-20(24-17)14-7-5-4-6-12(14)2/h4-10H,3,11H2,1-2H3/b17-10-. The number of nitrogens with zero attached hydrogens (tertiary/aromatic N) is 1. The number of cyclic esters (lactones) is 1. The maximum atomic E-state index is 12.3. The first-order valence-electron chi connectivity index (χ1n) is 8.75. The Morgan fingerprint density at radius 3 is 2.55 bits per heavy atom. The van der Waals surface area contributed by atoms with Crippen LogP contribution in [0.5, 0.6) is 5.75 Å². The van der Waals surface area contributed by atoms with Gasteiger partial charge < -0.3 is 14.2 Å². The number of hydrogen-bond donors (Lipinski definition) is 0. The van der Waals surface area contributed by atoms with Gasteiger partial charge >= 0.3 is 11.9 Å². The molecule has 1 aliphatic rings. The second-order valence-corrected chi connectivity index (χ2v) is 8.38. The number of hydrogen-bond acceptors (Lipinski definition) is 6. The van der Waals surface area contributed by atoms with Crippen molar-refractivity contribution in [3.8, 4) is 5.75 Å². The molecule has 0 amide bonds. The van der Waals surface area contributed by atoms with Crippen LogP contribution in [0.15, 0.2) is 47.1 Å². The predicted molar refractivity (Wildman–Crippen MR) is 126 cm³/mol. The van der Waals surface area contributed by atoms with Crippen molar-refractivity contribution in [3.63, 3.8) is 0 Å². The molecule has 0 N–H and O–H groups in total. The van der Waals surface area contributed by atoms with Crippen molar-refractivity contribution in [2.45, 2.75) is 13.8 Å². The van der Waals surface area contributed by atoms with Gasteiger partial charge in [-0.3, -0.25) is 0 Å². The van der Waals surface area contributed by atoms with Crippen molar-refractivity contribution >= 4 is 69.1 Å². The molecule has 0 saturated carbocycles. The molecule has 0 bridgehead atoms. The Kier molecular flexibility index (Phi) is 7.28. The maximum absolute atomic E-state index is 12.3. The smallest absolute Gasteiger partial charge is 0.363 e. The van der Waals surface area contributed by atoms with Gasteiger partial charge in [-0.25, -0.2) is 14.6 Å². The van der Waals surface area contributed by atoms with Gasteiger partial charge in [0.1, 0.15) is 5.75 Å². The molecule has 0 aliphatic carbocycles. The number of ether oxygens (including phenoxy) is 3. The summed E-state index contributed by atoms with van der Waals surface area (Å²) in [4.78, 5) is 28.1. The number of rotatable bonds is 6. The SMILES string of the molecule is CCOC(=O)COc1c(I)cc(/C=C2\N=C(c3ccccc3C)OC2=O)cc1I. The van der Waals surface area contributed by atoms with Crippen molar-refractivity contribution in [1.82, 2.24) is 0 Å². The highest BCUT2D eigenvalue weighted by Crippen LogP contribution is 2.30. The number of halogens is 2. The van der Waals surface area contributed by atoms with Gasteiger partial charge in [-0.1, -0.05) is 18.2 Å². The molecular formula is C21H17I2NO5. The van der Waals surface area contributed by atoms with Gasteiger partial charge in [0.25, 0.3) is 0 Å². The van der Waals surface area contributed by atoms with E-state index in [9.17, 15) is 9.59 Å². The summed E-state index contributed by atoms with van der Waals surface area (Å²) in [5, 5.41) is 0. The average molecular weight is 617 g/mol. The molecule has 0 fully saturated rings. The van der Waals surface area contributed by atoms with Gasteiger partial charge in [-0.15, -0.1) is 0 Å². The number of esters is 2. The van der Waals surface area contributed by atoms with Crippen LogP contribution in [0.25, 0.3) is 6.08 Å². The van der Waals surface area contributed by atoms with Crippen LogP contribution in [0.3, 0.4) is 0 Å². The molecular weight excluding hydrogens is 600 g/mol. The van der Waals surface area contributed by atoms with E-state index in [1.54, 1.807) is 13.0 Å². The van der Waals surface area contributed by atoms with Crippen LogP contribution >= 0.6 is 45.2 Å². The lowest BCUT2D eigenvalue weighted by Crippen LogP contribution is -2.15. The number of carbonyl (C=O) groups is 2. The lowest BCUT2D eigenvalue weighted by molar-refractivity contribution is -0.145. The topological polar surface area (TPSA) is 74.2 Å². The minimum Gasteiger partial charge on any atom is -0.480 e. The zero-order valence-electron chi connectivity index (χ0n) is 15.7. The Morgan fingerprint density at radius 2 is 1.90 bits per heavy atom. The van der Waals surface area contributed by atoms with E-state index in [0.717, 1.165) is 23.8 Å². The van der Waals surface area contributed by atoms with E-state index >= 15 is 0 Å². The van der Waals surface area contributed by atoms with Crippen LogP contribution in [-0.2, 0) is 19.1 Å². The van der Waals surface area contributed by atoms with Crippen LogP contribution in [0.1, 0.15) is 23.6 Å².